The third-order valence-electron chi connectivity index (χ3n) is 3.71. The van der Waals surface area contributed by atoms with Crippen molar-refractivity contribution < 1.29 is 14.3 Å². The number of nitrogens with one attached hydrogen (secondary N) is 1. The number of para-hydroxylation sites is 1. The van der Waals surface area contributed by atoms with E-state index in [0.29, 0.717) is 11.3 Å². The molecule has 1 amide bonds. The maximum atomic E-state index is 12.2. The second-order valence-corrected chi connectivity index (χ2v) is 5.67. The lowest BCUT2D eigenvalue weighted by atomic mass is 10.00. The molecule has 0 aliphatic carbocycles. The summed E-state index contributed by atoms with van der Waals surface area (Å²) in [5.74, 6) is -1.01. The maximum absolute atomic E-state index is 12.2. The van der Waals surface area contributed by atoms with Crippen molar-refractivity contribution in [2.45, 2.75) is 32.3 Å². The first-order valence-corrected chi connectivity index (χ1v) is 7.90. The molecule has 1 aromatic carbocycles. The first kappa shape index (κ1) is 18.1. The number of benzene rings is 1. The lowest BCUT2D eigenvalue weighted by Gasteiger charge is -2.16. The number of esters is 1. The van der Waals surface area contributed by atoms with E-state index >= 15 is 0 Å². The van der Waals surface area contributed by atoms with Crippen molar-refractivity contribution in [3.63, 3.8) is 0 Å². The molecule has 0 aliphatic rings. The molecule has 0 unspecified atom stereocenters. The van der Waals surface area contributed by atoms with Crippen LogP contribution in [0, 0.1) is 11.3 Å². The molecule has 1 heterocycles. The molecule has 2 aromatic rings. The first-order chi connectivity index (χ1) is 12.0. The molecule has 0 saturated carbocycles. The Hall–Kier alpha value is -3.20. The third kappa shape index (κ3) is 5.15. The molecular formula is C19H19N3O3. The van der Waals surface area contributed by atoms with Gasteiger partial charge in [0.1, 0.15) is 6.07 Å². The van der Waals surface area contributed by atoms with Crippen LogP contribution in [0.2, 0.25) is 0 Å². The predicted octanol–water partition coefficient (Wildman–Crippen LogP) is 3.02. The van der Waals surface area contributed by atoms with Gasteiger partial charge in [-0.1, -0.05) is 25.1 Å². The van der Waals surface area contributed by atoms with Crippen molar-refractivity contribution in [3.05, 3.63) is 59.9 Å². The van der Waals surface area contributed by atoms with Crippen LogP contribution in [-0.4, -0.2) is 23.0 Å². The number of carbonyl (C=O) groups excluding carboxylic acids is 2. The quantitative estimate of drug-likeness (QED) is 0.818. The summed E-state index contributed by atoms with van der Waals surface area (Å²) in [6.07, 6.45) is 2.56. The van der Waals surface area contributed by atoms with Crippen LogP contribution in [0.1, 0.15) is 37.3 Å². The molecule has 128 valence electrons. The van der Waals surface area contributed by atoms with Gasteiger partial charge in [0.25, 0.3) is 5.91 Å². The van der Waals surface area contributed by atoms with Gasteiger partial charge in [-0.3, -0.25) is 14.6 Å². The van der Waals surface area contributed by atoms with E-state index in [9.17, 15) is 9.59 Å². The van der Waals surface area contributed by atoms with Gasteiger partial charge >= 0.3 is 5.97 Å². The van der Waals surface area contributed by atoms with Crippen LogP contribution in [-0.2, 0) is 14.3 Å². The van der Waals surface area contributed by atoms with Gasteiger partial charge in [0.05, 0.1) is 17.7 Å². The standard InChI is InChI=1S/C19H19N3O3/c1-13(16-7-5-9-21-12-16)10-18(23)25-14(2)19(24)22-17-8-4-3-6-15(17)11-20/h3-9,12-14H,10H2,1-2H3,(H,22,24)/t13-,14+/m1/s1. The summed E-state index contributed by atoms with van der Waals surface area (Å²) in [6.45, 7) is 3.39. The van der Waals surface area contributed by atoms with Gasteiger partial charge in [0.2, 0.25) is 0 Å². The monoisotopic (exact) mass is 337 g/mol. The van der Waals surface area contributed by atoms with Gasteiger partial charge in [-0.05, 0) is 36.6 Å². The molecule has 0 radical (unpaired) electrons. The van der Waals surface area contributed by atoms with Gasteiger partial charge in [-0.15, -0.1) is 0 Å². The Morgan fingerprint density at radius 1 is 1.24 bits per heavy atom. The molecule has 6 nitrogen and oxygen atoms in total. The molecule has 0 bridgehead atoms. The number of anilines is 1. The Morgan fingerprint density at radius 2 is 2.00 bits per heavy atom. The Bertz CT molecular complexity index is 784. The zero-order valence-electron chi connectivity index (χ0n) is 14.1. The van der Waals surface area contributed by atoms with Crippen LogP contribution in [0.3, 0.4) is 0 Å². The van der Waals surface area contributed by atoms with Crippen LogP contribution < -0.4 is 5.32 Å². The minimum absolute atomic E-state index is 0.0595. The number of hydrogen-bond acceptors (Lipinski definition) is 5. The highest BCUT2D eigenvalue weighted by Crippen LogP contribution is 2.19. The molecule has 1 N–H and O–H groups in total. The minimum atomic E-state index is -0.958. The Balaban J connectivity index is 1.90. The zero-order chi connectivity index (χ0) is 18.2. The molecule has 0 spiro atoms. The summed E-state index contributed by atoms with van der Waals surface area (Å²) in [5.41, 5.74) is 1.67. The van der Waals surface area contributed by atoms with Gasteiger partial charge in [0, 0.05) is 12.4 Å². The number of nitrogens with zero attached hydrogens (tertiary/aromatic N) is 2. The van der Waals surface area contributed by atoms with E-state index in [1.807, 2.05) is 19.1 Å². The van der Waals surface area contributed by atoms with E-state index in [0.717, 1.165) is 5.56 Å². The molecule has 2 atom stereocenters. The van der Waals surface area contributed by atoms with Crippen molar-refractivity contribution in [2.24, 2.45) is 0 Å². The average Bonchev–Trinajstić information content (AvgIpc) is 2.62. The fourth-order valence-corrected chi connectivity index (χ4v) is 2.26. The van der Waals surface area contributed by atoms with E-state index in [2.05, 4.69) is 10.3 Å². The lowest BCUT2D eigenvalue weighted by molar-refractivity contribution is -0.153. The molecule has 25 heavy (non-hydrogen) atoms. The van der Waals surface area contributed by atoms with Crippen molar-refractivity contribution in [2.75, 3.05) is 5.32 Å². The maximum Gasteiger partial charge on any atom is 0.307 e. The summed E-state index contributed by atoms with van der Waals surface area (Å²) < 4.78 is 5.20. The van der Waals surface area contributed by atoms with E-state index in [4.69, 9.17) is 10.00 Å². The van der Waals surface area contributed by atoms with Crippen LogP contribution in [0.25, 0.3) is 0 Å². The second-order valence-electron chi connectivity index (χ2n) is 5.67. The molecule has 6 heteroatoms. The Kier molecular flexibility index (Phi) is 6.24. The van der Waals surface area contributed by atoms with Crippen molar-refractivity contribution in [1.29, 1.82) is 5.26 Å². The Morgan fingerprint density at radius 3 is 2.68 bits per heavy atom. The highest BCUT2D eigenvalue weighted by molar-refractivity contribution is 5.96. The van der Waals surface area contributed by atoms with Crippen LogP contribution in [0.15, 0.2) is 48.8 Å². The van der Waals surface area contributed by atoms with Crippen molar-refractivity contribution in [1.82, 2.24) is 4.98 Å². The average molecular weight is 337 g/mol. The van der Waals surface area contributed by atoms with Gasteiger partial charge in [-0.2, -0.15) is 5.26 Å². The summed E-state index contributed by atoms with van der Waals surface area (Å²) in [5, 5.41) is 11.6. The minimum Gasteiger partial charge on any atom is -0.453 e. The lowest BCUT2D eigenvalue weighted by Crippen LogP contribution is -2.30. The van der Waals surface area contributed by atoms with Crippen LogP contribution in [0.5, 0.6) is 0 Å². The number of ether oxygens (including phenoxy) is 1. The second kappa shape index (κ2) is 8.60. The third-order valence-corrected chi connectivity index (χ3v) is 3.71. The number of nitriles is 1. The molecule has 1 aromatic heterocycles. The topological polar surface area (TPSA) is 92.1 Å². The van der Waals surface area contributed by atoms with Gasteiger partial charge in [-0.25, -0.2) is 0 Å². The SMILES string of the molecule is C[C@H](OC(=O)C[C@@H](C)c1cccnc1)C(=O)Nc1ccccc1C#N. The molecule has 0 fully saturated rings. The number of aromatic nitrogens is 1. The predicted molar refractivity (Wildman–Crippen MR) is 92.6 cm³/mol. The van der Waals surface area contributed by atoms with Crippen LogP contribution in [0.4, 0.5) is 5.69 Å². The van der Waals surface area contributed by atoms with Crippen LogP contribution >= 0.6 is 0 Å². The molecule has 0 saturated heterocycles. The Labute approximate surface area is 146 Å². The molecular weight excluding hydrogens is 318 g/mol. The summed E-state index contributed by atoms with van der Waals surface area (Å²) in [6, 6.07) is 12.3. The summed E-state index contributed by atoms with van der Waals surface area (Å²) in [4.78, 5) is 28.2. The number of amides is 1. The van der Waals surface area contributed by atoms with E-state index in [1.165, 1.54) is 6.92 Å². The highest BCUT2D eigenvalue weighted by Gasteiger charge is 2.20. The fourth-order valence-electron chi connectivity index (χ4n) is 2.26. The number of rotatable bonds is 6. The fraction of sp³-hybridized carbons (Fsp3) is 0.263. The zero-order valence-corrected chi connectivity index (χ0v) is 14.1. The normalized spacial score (nSPS) is 12.5. The summed E-state index contributed by atoms with van der Waals surface area (Å²) >= 11 is 0. The van der Waals surface area contributed by atoms with Crippen molar-refractivity contribution in [3.8, 4) is 6.07 Å². The van der Waals surface area contributed by atoms with E-state index < -0.39 is 18.0 Å². The van der Waals surface area contributed by atoms with Crippen molar-refractivity contribution >= 4 is 17.6 Å². The highest BCUT2D eigenvalue weighted by atomic mass is 16.5. The number of pyridine rings is 1. The molecule has 2 rings (SSSR count). The largest absolute Gasteiger partial charge is 0.453 e. The van der Waals surface area contributed by atoms with E-state index in [-0.39, 0.29) is 12.3 Å². The number of carbonyl (C=O) groups is 2. The summed E-state index contributed by atoms with van der Waals surface area (Å²) in [7, 11) is 0. The smallest absolute Gasteiger partial charge is 0.307 e. The first-order valence-electron chi connectivity index (χ1n) is 7.90. The van der Waals surface area contributed by atoms with Gasteiger partial charge < -0.3 is 10.1 Å². The molecule has 0 aliphatic heterocycles. The van der Waals surface area contributed by atoms with E-state index in [1.54, 1.807) is 42.7 Å². The van der Waals surface area contributed by atoms with Gasteiger partial charge in [0.15, 0.2) is 6.10 Å². The number of hydrogen-bond donors (Lipinski definition) is 1.